The molecule has 0 aromatic heterocycles. The number of carbonyl (C=O) groups is 1. The summed E-state index contributed by atoms with van der Waals surface area (Å²) in [6.45, 7) is 2.52. The van der Waals surface area contributed by atoms with Crippen LogP contribution in [0.4, 0.5) is 0 Å². The van der Waals surface area contributed by atoms with Crippen LogP contribution >= 0.6 is 11.6 Å². The van der Waals surface area contributed by atoms with E-state index in [1.54, 1.807) is 0 Å². The van der Waals surface area contributed by atoms with Gasteiger partial charge in [0.05, 0.1) is 19.3 Å². The summed E-state index contributed by atoms with van der Waals surface area (Å²) in [6, 6.07) is 18.3. The van der Waals surface area contributed by atoms with E-state index in [1.807, 2.05) is 30.3 Å². The number of esters is 1. The molecule has 0 amide bonds. The molecule has 3 aliphatic rings. The van der Waals surface area contributed by atoms with Gasteiger partial charge in [0.1, 0.15) is 62.0 Å². The van der Waals surface area contributed by atoms with Gasteiger partial charge in [-0.05, 0) is 23.3 Å². The van der Waals surface area contributed by atoms with E-state index in [4.69, 9.17) is 35.3 Å². The van der Waals surface area contributed by atoms with E-state index in [9.17, 15) is 40.5 Å². The number of aliphatic hydroxyl groups is 7. The fourth-order valence-electron chi connectivity index (χ4n) is 6.26. The molecule has 272 valence electrons. The van der Waals surface area contributed by atoms with Gasteiger partial charge in [-0.2, -0.15) is 0 Å². The van der Waals surface area contributed by atoms with Crippen molar-refractivity contribution in [2.45, 2.75) is 67.5 Å². The van der Waals surface area contributed by atoms with Crippen LogP contribution in [-0.2, 0) is 28.5 Å². The van der Waals surface area contributed by atoms with Crippen molar-refractivity contribution < 1.29 is 64.2 Å². The minimum Gasteiger partial charge on any atom is -0.461 e. The summed E-state index contributed by atoms with van der Waals surface area (Å²) >= 11 is 6.14. The van der Waals surface area contributed by atoms with E-state index in [-0.39, 0.29) is 19.3 Å². The fourth-order valence-corrected chi connectivity index (χ4v) is 6.39. The van der Waals surface area contributed by atoms with Crippen molar-refractivity contribution in [3.8, 4) is 0 Å². The number of hydrogen-bond acceptors (Lipinski definition) is 15. The molecule has 2 aromatic carbocycles. The molecule has 3 saturated heterocycles. The molecule has 3 heterocycles. The highest BCUT2D eigenvalue weighted by Gasteiger charge is 2.50. The van der Waals surface area contributed by atoms with Crippen LogP contribution in [0.1, 0.15) is 17.2 Å². The molecule has 3 aliphatic heterocycles. The van der Waals surface area contributed by atoms with Crippen LogP contribution in [-0.4, -0.2) is 172 Å². The first-order chi connectivity index (χ1) is 23.6. The second-order valence-electron chi connectivity index (χ2n) is 12.3. The first-order valence-corrected chi connectivity index (χ1v) is 16.6. The fraction of sp³-hybridized carbons (Fsp3) is 0.606. The average molecular weight is 713 g/mol. The summed E-state index contributed by atoms with van der Waals surface area (Å²) in [5, 5.41) is 71.4. The largest absolute Gasteiger partial charge is 0.461 e. The van der Waals surface area contributed by atoms with Crippen LogP contribution in [0.25, 0.3) is 0 Å². The lowest BCUT2D eigenvalue weighted by Crippen LogP contribution is -2.64. The minimum absolute atomic E-state index is 0.0942. The second kappa shape index (κ2) is 17.7. The Balaban J connectivity index is 1.04. The topological polar surface area (TPSA) is 211 Å². The zero-order valence-corrected chi connectivity index (χ0v) is 27.5. The van der Waals surface area contributed by atoms with E-state index in [1.165, 1.54) is 11.1 Å². The molecule has 11 atom stereocenters. The zero-order chi connectivity index (χ0) is 35.1. The summed E-state index contributed by atoms with van der Waals surface area (Å²) in [5.41, 5.74) is 2.37. The predicted molar refractivity (Wildman–Crippen MR) is 171 cm³/mol. The molecule has 0 unspecified atom stereocenters. The number of piperazine rings is 1. The number of carbonyl (C=O) groups excluding carboxylic acids is 1. The summed E-state index contributed by atoms with van der Waals surface area (Å²) in [5.74, 6) is -0.749. The van der Waals surface area contributed by atoms with Gasteiger partial charge in [-0.1, -0.05) is 54.1 Å². The van der Waals surface area contributed by atoms with Gasteiger partial charge in [0.25, 0.3) is 0 Å². The van der Waals surface area contributed by atoms with E-state index in [0.29, 0.717) is 11.6 Å². The molecule has 7 N–H and O–H groups in total. The standard InChI is InChI=1S/C33H45ClN2O13/c34-21-8-6-20(7-9-21)25(19-4-2-1-3-5-19)36-12-10-35(11-13-36)14-15-45-18-24(38)46-17-23-26(39)27(40)30(43)33(48-23)49-31-22(16-37)47-32(44)29(42)28(31)41/h1-9,22-23,25-33,37,39-44H,10-18H2/t22-,23-,25+,26-,27+,28+,29+,30-,31+,32+,33-/m0/s1. The first kappa shape index (κ1) is 37.9. The lowest BCUT2D eigenvalue weighted by Gasteiger charge is -2.45. The van der Waals surface area contributed by atoms with E-state index >= 15 is 0 Å². The molecule has 5 rings (SSSR count). The Hall–Kier alpha value is -2.32. The highest BCUT2D eigenvalue weighted by Crippen LogP contribution is 2.31. The van der Waals surface area contributed by atoms with Crippen LogP contribution in [0, 0.1) is 0 Å². The normalized spacial score (nSPS) is 33.6. The van der Waals surface area contributed by atoms with Crippen LogP contribution in [0.5, 0.6) is 0 Å². The Morgan fingerprint density at radius 2 is 1.49 bits per heavy atom. The smallest absolute Gasteiger partial charge is 0.332 e. The molecule has 0 saturated carbocycles. The molecule has 0 aliphatic carbocycles. The highest BCUT2D eigenvalue weighted by atomic mass is 35.5. The predicted octanol–water partition coefficient (Wildman–Crippen LogP) is -1.77. The number of ether oxygens (including phenoxy) is 5. The maximum Gasteiger partial charge on any atom is 0.332 e. The molecule has 0 radical (unpaired) electrons. The highest BCUT2D eigenvalue weighted by molar-refractivity contribution is 6.30. The molecule has 0 spiro atoms. The lowest BCUT2D eigenvalue weighted by molar-refractivity contribution is -0.355. The number of nitrogens with zero attached hydrogens (tertiary/aromatic N) is 2. The van der Waals surface area contributed by atoms with Gasteiger partial charge in [0.2, 0.25) is 0 Å². The summed E-state index contributed by atoms with van der Waals surface area (Å²) in [4.78, 5) is 17.1. The first-order valence-electron chi connectivity index (χ1n) is 16.2. The molecular weight excluding hydrogens is 668 g/mol. The van der Waals surface area contributed by atoms with Crippen LogP contribution < -0.4 is 0 Å². The molecule has 2 aromatic rings. The number of benzene rings is 2. The third kappa shape index (κ3) is 9.52. The monoisotopic (exact) mass is 712 g/mol. The summed E-state index contributed by atoms with van der Waals surface area (Å²) in [7, 11) is 0. The van der Waals surface area contributed by atoms with Gasteiger partial charge in [-0.3, -0.25) is 9.80 Å². The van der Waals surface area contributed by atoms with Gasteiger partial charge in [0, 0.05) is 37.7 Å². The van der Waals surface area contributed by atoms with Gasteiger partial charge >= 0.3 is 5.97 Å². The Morgan fingerprint density at radius 3 is 2.16 bits per heavy atom. The van der Waals surface area contributed by atoms with Crippen molar-refractivity contribution in [1.82, 2.24) is 9.80 Å². The van der Waals surface area contributed by atoms with Crippen molar-refractivity contribution in [3.05, 3.63) is 70.7 Å². The van der Waals surface area contributed by atoms with Gasteiger partial charge in [-0.15, -0.1) is 0 Å². The maximum atomic E-state index is 12.4. The summed E-state index contributed by atoms with van der Waals surface area (Å²) < 4.78 is 26.8. The van der Waals surface area contributed by atoms with E-state index < -0.39 is 80.6 Å². The second-order valence-corrected chi connectivity index (χ2v) is 12.8. The van der Waals surface area contributed by atoms with E-state index in [0.717, 1.165) is 26.2 Å². The van der Waals surface area contributed by atoms with E-state index in [2.05, 4.69) is 34.1 Å². The van der Waals surface area contributed by atoms with Gasteiger partial charge in [-0.25, -0.2) is 4.79 Å². The molecule has 0 bridgehead atoms. The summed E-state index contributed by atoms with van der Waals surface area (Å²) in [6.07, 6.45) is -16.5. The number of aliphatic hydroxyl groups excluding tert-OH is 7. The molecule has 15 nitrogen and oxygen atoms in total. The SMILES string of the molecule is O=C(COCCN1CCN([C@H](c2ccccc2)c2ccc(Cl)cc2)CC1)OC[C@@H]1O[C@@H](O[C@H]2[C@H](O)[C@@H](O)[C@H](O)O[C@H]2CO)[C@@H](O)[C@H](O)[C@H]1O. The van der Waals surface area contributed by atoms with Crippen LogP contribution in [0.15, 0.2) is 54.6 Å². The number of hydrogen-bond donors (Lipinski definition) is 7. The van der Waals surface area contributed by atoms with Gasteiger partial charge in [0.15, 0.2) is 12.6 Å². The maximum absolute atomic E-state index is 12.4. The molecule has 49 heavy (non-hydrogen) atoms. The van der Waals surface area contributed by atoms with Crippen molar-refractivity contribution in [2.75, 3.05) is 59.2 Å². The Labute approximate surface area is 288 Å². The molecule has 3 fully saturated rings. The molecule has 16 heteroatoms. The number of halogens is 1. The lowest BCUT2D eigenvalue weighted by atomic mass is 9.96. The quantitative estimate of drug-likeness (QED) is 0.0905. The third-order valence-corrected chi connectivity index (χ3v) is 9.30. The zero-order valence-electron chi connectivity index (χ0n) is 26.8. The number of rotatable bonds is 13. The van der Waals surface area contributed by atoms with Gasteiger partial charge < -0.3 is 59.4 Å². The Bertz CT molecular complexity index is 1300. The average Bonchev–Trinajstić information content (AvgIpc) is 3.11. The van der Waals surface area contributed by atoms with Crippen molar-refractivity contribution in [2.24, 2.45) is 0 Å². The van der Waals surface area contributed by atoms with Crippen molar-refractivity contribution in [3.63, 3.8) is 0 Å². The molecular formula is C33H45ClN2O13. The van der Waals surface area contributed by atoms with Crippen molar-refractivity contribution in [1.29, 1.82) is 0 Å². The van der Waals surface area contributed by atoms with Crippen LogP contribution in [0.2, 0.25) is 5.02 Å². The Morgan fingerprint density at radius 1 is 0.816 bits per heavy atom. The third-order valence-electron chi connectivity index (χ3n) is 9.05. The minimum atomic E-state index is -1.82. The van der Waals surface area contributed by atoms with Crippen molar-refractivity contribution >= 4 is 17.6 Å². The Kier molecular flexibility index (Phi) is 13.7. The van der Waals surface area contributed by atoms with Crippen LogP contribution in [0.3, 0.4) is 0 Å².